The Bertz CT molecular complexity index is 596. The van der Waals surface area contributed by atoms with Gasteiger partial charge in [-0.05, 0) is 42.5 Å². The van der Waals surface area contributed by atoms with Gasteiger partial charge in [0.05, 0.1) is 12.7 Å². The zero-order valence-electron chi connectivity index (χ0n) is 10.1. The van der Waals surface area contributed by atoms with Crippen LogP contribution in [0, 0.1) is 0 Å². The fraction of sp³-hybridized carbons (Fsp3) is 0.0714. The van der Waals surface area contributed by atoms with E-state index in [4.69, 9.17) is 9.84 Å². The number of ether oxygens (including phenoxy) is 1. The van der Waals surface area contributed by atoms with Gasteiger partial charge in [0.15, 0.2) is 0 Å². The van der Waals surface area contributed by atoms with Crippen LogP contribution in [0.3, 0.4) is 0 Å². The predicted octanol–water partition coefficient (Wildman–Crippen LogP) is 4.31. The van der Waals surface area contributed by atoms with Gasteiger partial charge in [0.1, 0.15) is 5.75 Å². The zero-order chi connectivity index (χ0) is 13.8. The average molecular weight is 339 g/mol. The maximum Gasteiger partial charge on any atom is 0.336 e. The van der Waals surface area contributed by atoms with Crippen molar-refractivity contribution in [2.45, 2.75) is 9.79 Å². The van der Waals surface area contributed by atoms with Gasteiger partial charge in [-0.25, -0.2) is 4.79 Å². The molecule has 5 heteroatoms. The Morgan fingerprint density at radius 3 is 2.47 bits per heavy atom. The number of benzene rings is 2. The topological polar surface area (TPSA) is 46.5 Å². The van der Waals surface area contributed by atoms with Crippen LogP contribution in [0.2, 0.25) is 0 Å². The molecule has 0 unspecified atom stereocenters. The molecule has 0 atom stereocenters. The number of carboxylic acid groups (broad SMARTS) is 1. The fourth-order valence-electron chi connectivity index (χ4n) is 1.53. The number of methoxy groups -OCH3 is 1. The lowest BCUT2D eigenvalue weighted by Gasteiger charge is -2.07. The summed E-state index contributed by atoms with van der Waals surface area (Å²) in [6.45, 7) is 0. The Labute approximate surface area is 123 Å². The number of hydrogen-bond donors (Lipinski definition) is 1. The normalized spacial score (nSPS) is 10.2. The fourth-order valence-corrected chi connectivity index (χ4v) is 3.02. The van der Waals surface area contributed by atoms with Crippen LogP contribution in [-0.4, -0.2) is 18.2 Å². The van der Waals surface area contributed by atoms with Crippen molar-refractivity contribution < 1.29 is 14.6 Å². The highest BCUT2D eigenvalue weighted by molar-refractivity contribution is 9.10. The second-order valence-electron chi connectivity index (χ2n) is 3.72. The number of aromatic carboxylic acids is 1. The summed E-state index contributed by atoms with van der Waals surface area (Å²) in [5, 5.41) is 9.17. The molecule has 0 saturated heterocycles. The smallest absolute Gasteiger partial charge is 0.336 e. The molecule has 1 N–H and O–H groups in total. The summed E-state index contributed by atoms with van der Waals surface area (Å²) in [6.07, 6.45) is 0. The molecule has 19 heavy (non-hydrogen) atoms. The molecule has 0 fully saturated rings. The monoisotopic (exact) mass is 338 g/mol. The minimum atomic E-state index is -0.927. The highest BCUT2D eigenvalue weighted by Gasteiger charge is 2.11. The van der Waals surface area contributed by atoms with E-state index < -0.39 is 5.97 Å². The van der Waals surface area contributed by atoms with E-state index in [0.717, 1.165) is 15.1 Å². The molecule has 2 aromatic carbocycles. The van der Waals surface area contributed by atoms with Crippen molar-refractivity contribution in [3.63, 3.8) is 0 Å². The van der Waals surface area contributed by atoms with E-state index in [2.05, 4.69) is 15.9 Å². The Morgan fingerprint density at radius 2 is 1.89 bits per heavy atom. The van der Waals surface area contributed by atoms with E-state index in [-0.39, 0.29) is 0 Å². The highest BCUT2D eigenvalue weighted by atomic mass is 79.9. The van der Waals surface area contributed by atoms with Gasteiger partial charge in [0.2, 0.25) is 0 Å². The van der Waals surface area contributed by atoms with Crippen LogP contribution in [-0.2, 0) is 0 Å². The highest BCUT2D eigenvalue weighted by Crippen LogP contribution is 2.33. The lowest BCUT2D eigenvalue weighted by molar-refractivity contribution is 0.0693. The van der Waals surface area contributed by atoms with Crippen molar-refractivity contribution in [1.29, 1.82) is 0 Å². The molecule has 0 aromatic heterocycles. The molecule has 0 aliphatic rings. The van der Waals surface area contributed by atoms with Crippen molar-refractivity contribution in [2.75, 3.05) is 7.11 Å². The van der Waals surface area contributed by atoms with Crippen molar-refractivity contribution in [2.24, 2.45) is 0 Å². The molecule has 0 heterocycles. The molecule has 0 aliphatic heterocycles. The zero-order valence-corrected chi connectivity index (χ0v) is 12.5. The summed E-state index contributed by atoms with van der Waals surface area (Å²) in [7, 11) is 1.61. The third kappa shape index (κ3) is 3.52. The van der Waals surface area contributed by atoms with Crippen LogP contribution in [0.25, 0.3) is 0 Å². The predicted molar refractivity (Wildman–Crippen MR) is 78.2 cm³/mol. The van der Waals surface area contributed by atoms with E-state index in [1.807, 2.05) is 24.3 Å². The van der Waals surface area contributed by atoms with E-state index in [1.165, 1.54) is 11.8 Å². The third-order valence-corrected chi connectivity index (χ3v) is 4.02. The maximum atomic E-state index is 11.2. The van der Waals surface area contributed by atoms with Crippen molar-refractivity contribution in [1.82, 2.24) is 0 Å². The SMILES string of the molecule is COc1ccc(Sc2cc(Br)ccc2C(=O)O)cc1. The summed E-state index contributed by atoms with van der Waals surface area (Å²) >= 11 is 4.76. The first-order valence-corrected chi connectivity index (χ1v) is 7.06. The molecule has 0 spiro atoms. The Morgan fingerprint density at radius 1 is 1.21 bits per heavy atom. The molecule has 0 saturated carbocycles. The van der Waals surface area contributed by atoms with Crippen LogP contribution in [0.5, 0.6) is 5.75 Å². The van der Waals surface area contributed by atoms with Crippen LogP contribution < -0.4 is 4.74 Å². The molecule has 0 aliphatic carbocycles. The lowest BCUT2D eigenvalue weighted by atomic mass is 10.2. The van der Waals surface area contributed by atoms with Gasteiger partial charge in [0.25, 0.3) is 0 Å². The van der Waals surface area contributed by atoms with E-state index in [9.17, 15) is 4.79 Å². The summed E-state index contributed by atoms with van der Waals surface area (Å²) in [5.74, 6) is -0.152. The van der Waals surface area contributed by atoms with Crippen LogP contribution in [0.4, 0.5) is 0 Å². The molecule has 2 aromatic rings. The minimum absolute atomic E-state index is 0.295. The summed E-state index contributed by atoms with van der Waals surface area (Å²) in [6, 6.07) is 12.6. The Kier molecular flexibility index (Phi) is 4.50. The molecule has 0 bridgehead atoms. The van der Waals surface area contributed by atoms with Gasteiger partial charge in [0, 0.05) is 14.3 Å². The molecular weight excluding hydrogens is 328 g/mol. The molecule has 3 nitrogen and oxygen atoms in total. The van der Waals surface area contributed by atoms with Crippen molar-refractivity contribution in [3.05, 3.63) is 52.5 Å². The van der Waals surface area contributed by atoms with Crippen LogP contribution in [0.1, 0.15) is 10.4 Å². The standard InChI is InChI=1S/C14H11BrO3S/c1-18-10-3-5-11(6-4-10)19-13-8-9(15)2-7-12(13)14(16)17/h2-8H,1H3,(H,16,17). The van der Waals surface area contributed by atoms with E-state index in [1.54, 1.807) is 25.3 Å². The number of carbonyl (C=O) groups is 1. The largest absolute Gasteiger partial charge is 0.497 e. The second kappa shape index (κ2) is 6.12. The Balaban J connectivity index is 2.31. The molecule has 0 radical (unpaired) electrons. The van der Waals surface area contributed by atoms with E-state index in [0.29, 0.717) is 10.5 Å². The van der Waals surface area contributed by atoms with Gasteiger partial charge < -0.3 is 9.84 Å². The number of carboxylic acids is 1. The summed E-state index contributed by atoms with van der Waals surface area (Å²) < 4.78 is 5.94. The molecule has 0 amide bonds. The summed E-state index contributed by atoms with van der Waals surface area (Å²) in [5.41, 5.74) is 0.295. The number of rotatable bonds is 4. The lowest BCUT2D eigenvalue weighted by Crippen LogP contribution is -1.98. The number of hydrogen-bond acceptors (Lipinski definition) is 3. The van der Waals surface area contributed by atoms with Gasteiger partial charge in [-0.1, -0.05) is 27.7 Å². The van der Waals surface area contributed by atoms with Crippen molar-refractivity contribution in [3.8, 4) is 5.75 Å². The van der Waals surface area contributed by atoms with Gasteiger partial charge in [-0.15, -0.1) is 0 Å². The molecular formula is C14H11BrO3S. The number of halogens is 1. The maximum absolute atomic E-state index is 11.2. The van der Waals surface area contributed by atoms with Gasteiger partial charge >= 0.3 is 5.97 Å². The van der Waals surface area contributed by atoms with Gasteiger partial charge in [-0.2, -0.15) is 0 Å². The first kappa shape index (κ1) is 14.0. The second-order valence-corrected chi connectivity index (χ2v) is 5.75. The molecule has 2 rings (SSSR count). The first-order chi connectivity index (χ1) is 9.10. The van der Waals surface area contributed by atoms with Crippen LogP contribution in [0.15, 0.2) is 56.7 Å². The third-order valence-electron chi connectivity index (χ3n) is 2.46. The van der Waals surface area contributed by atoms with Crippen LogP contribution >= 0.6 is 27.7 Å². The van der Waals surface area contributed by atoms with E-state index >= 15 is 0 Å². The Hall–Kier alpha value is -1.46. The summed E-state index contributed by atoms with van der Waals surface area (Å²) in [4.78, 5) is 12.8. The first-order valence-electron chi connectivity index (χ1n) is 5.45. The minimum Gasteiger partial charge on any atom is -0.497 e. The average Bonchev–Trinajstić information content (AvgIpc) is 2.39. The van der Waals surface area contributed by atoms with Crippen molar-refractivity contribution >= 4 is 33.7 Å². The quantitative estimate of drug-likeness (QED) is 0.902. The molecule has 98 valence electrons. The van der Waals surface area contributed by atoms with Gasteiger partial charge in [-0.3, -0.25) is 0 Å².